The normalized spacial score (nSPS) is 17.3. The maximum atomic E-state index is 12.4. The zero-order valence-corrected chi connectivity index (χ0v) is 18.6. The number of piperidine rings is 1. The molecule has 1 heterocycles. The molecule has 2 amide bonds. The summed E-state index contributed by atoms with van der Waals surface area (Å²) in [5.41, 5.74) is 8.43. The Bertz CT molecular complexity index is 914. The fraction of sp³-hybridized carbons (Fsp3) is 0.462. The predicted octanol–water partition coefficient (Wildman–Crippen LogP) is 4.28. The summed E-state index contributed by atoms with van der Waals surface area (Å²) in [6.07, 6.45) is 7.80. The van der Waals surface area contributed by atoms with Gasteiger partial charge >= 0.3 is 0 Å². The van der Waals surface area contributed by atoms with Crippen molar-refractivity contribution in [2.75, 3.05) is 23.3 Å². The lowest BCUT2D eigenvalue weighted by Gasteiger charge is -2.32. The number of hydrogen-bond donors (Lipinski definition) is 2. The van der Waals surface area contributed by atoms with Crippen molar-refractivity contribution in [1.82, 2.24) is 0 Å². The molecule has 0 unspecified atom stereocenters. The van der Waals surface area contributed by atoms with E-state index in [0.717, 1.165) is 61.5 Å². The van der Waals surface area contributed by atoms with E-state index in [9.17, 15) is 9.59 Å². The lowest BCUT2D eigenvalue weighted by atomic mass is 9.96. The summed E-state index contributed by atoms with van der Waals surface area (Å²) in [5, 5.41) is 2.99. The average Bonchev–Trinajstić information content (AvgIpc) is 3.32. The molecule has 2 aromatic carbocycles. The second-order valence-corrected chi connectivity index (χ2v) is 8.93. The van der Waals surface area contributed by atoms with Gasteiger partial charge in [-0.25, -0.2) is 0 Å². The minimum Gasteiger partial charge on any atom is -0.490 e. The molecule has 0 radical (unpaired) electrons. The Hall–Kier alpha value is -3.02. The van der Waals surface area contributed by atoms with E-state index in [0.29, 0.717) is 18.9 Å². The minimum atomic E-state index is -0.198. The molecule has 2 aliphatic rings. The molecule has 32 heavy (non-hydrogen) atoms. The molecule has 1 saturated carbocycles. The largest absolute Gasteiger partial charge is 0.490 e. The topological polar surface area (TPSA) is 84.7 Å². The van der Waals surface area contributed by atoms with E-state index in [-0.39, 0.29) is 17.7 Å². The number of carbonyl (C=O) groups is 2. The van der Waals surface area contributed by atoms with Crippen molar-refractivity contribution in [3.05, 3.63) is 54.1 Å². The molecule has 1 aliphatic carbocycles. The van der Waals surface area contributed by atoms with Crippen LogP contribution in [0.5, 0.6) is 5.75 Å². The number of nitrogens with two attached hydrogens (primary N) is 1. The van der Waals surface area contributed by atoms with Gasteiger partial charge in [0, 0.05) is 36.8 Å². The van der Waals surface area contributed by atoms with Crippen LogP contribution in [0.2, 0.25) is 0 Å². The first-order valence-electron chi connectivity index (χ1n) is 11.8. The van der Waals surface area contributed by atoms with E-state index in [1.165, 1.54) is 12.8 Å². The van der Waals surface area contributed by atoms with Crippen LogP contribution in [0.3, 0.4) is 0 Å². The Morgan fingerprint density at radius 2 is 1.72 bits per heavy atom. The molecule has 0 atom stereocenters. The number of anilines is 2. The summed E-state index contributed by atoms with van der Waals surface area (Å²) >= 11 is 0. The number of hydrogen-bond acceptors (Lipinski definition) is 4. The van der Waals surface area contributed by atoms with Crippen molar-refractivity contribution < 1.29 is 14.3 Å². The SMILES string of the molecule is NC(=O)C1CCN(c2ccc(NC(=O)CCc3cccc(OC4CCCC4)c3)cc2)CC1. The molecule has 0 spiro atoms. The van der Waals surface area contributed by atoms with E-state index in [4.69, 9.17) is 10.5 Å². The number of nitrogens with zero attached hydrogens (tertiary/aromatic N) is 1. The van der Waals surface area contributed by atoms with Gasteiger partial charge in [0.15, 0.2) is 0 Å². The van der Waals surface area contributed by atoms with Crippen LogP contribution in [0.25, 0.3) is 0 Å². The van der Waals surface area contributed by atoms with E-state index in [1.807, 2.05) is 42.5 Å². The molecule has 6 heteroatoms. The molecule has 0 aromatic heterocycles. The lowest BCUT2D eigenvalue weighted by molar-refractivity contribution is -0.122. The van der Waals surface area contributed by atoms with Gasteiger partial charge in [-0.2, -0.15) is 0 Å². The van der Waals surface area contributed by atoms with Gasteiger partial charge in [-0.3, -0.25) is 9.59 Å². The molecule has 0 bridgehead atoms. The minimum absolute atomic E-state index is 0.00198. The fourth-order valence-corrected chi connectivity index (χ4v) is 4.63. The highest BCUT2D eigenvalue weighted by atomic mass is 16.5. The van der Waals surface area contributed by atoms with Crippen LogP contribution in [0.4, 0.5) is 11.4 Å². The average molecular weight is 436 g/mol. The van der Waals surface area contributed by atoms with Crippen molar-refractivity contribution in [1.29, 1.82) is 0 Å². The van der Waals surface area contributed by atoms with Crippen LogP contribution in [0.1, 0.15) is 50.5 Å². The third-order valence-electron chi connectivity index (χ3n) is 6.56. The van der Waals surface area contributed by atoms with Crippen LogP contribution in [-0.4, -0.2) is 31.0 Å². The highest BCUT2D eigenvalue weighted by Crippen LogP contribution is 2.26. The summed E-state index contributed by atoms with van der Waals surface area (Å²) in [6, 6.07) is 16.0. The van der Waals surface area contributed by atoms with Gasteiger partial charge in [-0.1, -0.05) is 12.1 Å². The number of carbonyl (C=O) groups excluding carboxylic acids is 2. The molecule has 6 nitrogen and oxygen atoms in total. The van der Waals surface area contributed by atoms with Gasteiger partial charge < -0.3 is 20.7 Å². The van der Waals surface area contributed by atoms with E-state index in [2.05, 4.69) is 16.3 Å². The molecule has 3 N–H and O–H groups in total. The van der Waals surface area contributed by atoms with Crippen LogP contribution < -0.4 is 20.7 Å². The van der Waals surface area contributed by atoms with Crippen LogP contribution in [0.15, 0.2) is 48.5 Å². The molecule has 1 aliphatic heterocycles. The maximum absolute atomic E-state index is 12.4. The molecule has 1 saturated heterocycles. The number of benzene rings is 2. The quantitative estimate of drug-likeness (QED) is 0.648. The Morgan fingerprint density at radius 1 is 1.00 bits per heavy atom. The van der Waals surface area contributed by atoms with Crippen molar-refractivity contribution in [3.63, 3.8) is 0 Å². The summed E-state index contributed by atoms with van der Waals surface area (Å²) in [5.74, 6) is 0.697. The number of nitrogens with one attached hydrogen (secondary N) is 1. The van der Waals surface area contributed by atoms with Gasteiger partial charge in [0.25, 0.3) is 0 Å². The van der Waals surface area contributed by atoms with Crippen molar-refractivity contribution >= 4 is 23.2 Å². The Kier molecular flexibility index (Phi) is 7.30. The fourth-order valence-electron chi connectivity index (χ4n) is 4.63. The Labute approximate surface area is 190 Å². The van der Waals surface area contributed by atoms with Gasteiger partial charge in [-0.15, -0.1) is 0 Å². The highest BCUT2D eigenvalue weighted by molar-refractivity contribution is 5.91. The first kappa shape index (κ1) is 22.2. The summed E-state index contributed by atoms with van der Waals surface area (Å²) in [7, 11) is 0. The molecule has 170 valence electrons. The number of rotatable bonds is 8. The number of ether oxygens (including phenoxy) is 1. The molecule has 4 rings (SSSR count). The van der Waals surface area contributed by atoms with Crippen LogP contribution >= 0.6 is 0 Å². The predicted molar refractivity (Wildman–Crippen MR) is 127 cm³/mol. The van der Waals surface area contributed by atoms with Crippen molar-refractivity contribution in [2.45, 2.75) is 57.5 Å². The number of aryl methyl sites for hydroxylation is 1. The standard InChI is InChI=1S/C26H33N3O3/c27-26(31)20-14-16-29(17-15-20)22-11-9-21(10-12-22)28-25(30)13-8-19-4-3-7-24(18-19)32-23-5-1-2-6-23/h3-4,7,9-12,18,20,23H,1-2,5-6,8,13-17H2,(H2,27,31)(H,28,30). The van der Waals surface area contributed by atoms with Crippen molar-refractivity contribution in [3.8, 4) is 5.75 Å². The second kappa shape index (κ2) is 10.5. The highest BCUT2D eigenvalue weighted by Gasteiger charge is 2.23. The van der Waals surface area contributed by atoms with Crippen molar-refractivity contribution in [2.24, 2.45) is 11.7 Å². The maximum Gasteiger partial charge on any atom is 0.224 e. The zero-order chi connectivity index (χ0) is 22.3. The lowest BCUT2D eigenvalue weighted by Crippen LogP contribution is -2.38. The Balaban J connectivity index is 1.23. The number of amides is 2. The van der Waals surface area contributed by atoms with E-state index < -0.39 is 0 Å². The smallest absolute Gasteiger partial charge is 0.224 e. The van der Waals surface area contributed by atoms with E-state index >= 15 is 0 Å². The third-order valence-corrected chi connectivity index (χ3v) is 6.56. The van der Waals surface area contributed by atoms with E-state index in [1.54, 1.807) is 0 Å². The molecule has 2 fully saturated rings. The van der Waals surface area contributed by atoms with Gasteiger partial charge in [0.2, 0.25) is 11.8 Å². The zero-order valence-electron chi connectivity index (χ0n) is 18.6. The van der Waals surface area contributed by atoms with Gasteiger partial charge in [-0.05, 0) is 86.9 Å². The molecular weight excluding hydrogens is 402 g/mol. The summed E-state index contributed by atoms with van der Waals surface area (Å²) in [4.78, 5) is 26.0. The molecule has 2 aromatic rings. The first-order chi connectivity index (χ1) is 15.6. The molecular formula is C26H33N3O3. The summed E-state index contributed by atoms with van der Waals surface area (Å²) in [6.45, 7) is 1.64. The third kappa shape index (κ3) is 6.02. The summed E-state index contributed by atoms with van der Waals surface area (Å²) < 4.78 is 6.07. The number of primary amides is 1. The Morgan fingerprint density at radius 3 is 2.41 bits per heavy atom. The van der Waals surface area contributed by atoms with Crippen LogP contribution in [-0.2, 0) is 16.0 Å². The monoisotopic (exact) mass is 435 g/mol. The van der Waals surface area contributed by atoms with Gasteiger partial charge in [0.1, 0.15) is 5.75 Å². The second-order valence-electron chi connectivity index (χ2n) is 8.93. The van der Waals surface area contributed by atoms with Crippen LogP contribution in [0, 0.1) is 5.92 Å². The van der Waals surface area contributed by atoms with Gasteiger partial charge in [0.05, 0.1) is 6.10 Å². The first-order valence-corrected chi connectivity index (χ1v) is 11.8.